The van der Waals surface area contributed by atoms with Crippen LogP contribution >= 0.6 is 15.9 Å². The number of rotatable bonds is 5. The number of aliphatic hydroxyl groups is 1. The molecule has 0 fully saturated rings. The summed E-state index contributed by atoms with van der Waals surface area (Å²) in [5, 5.41) is 12.6. The number of halogens is 1. The van der Waals surface area contributed by atoms with E-state index in [2.05, 4.69) is 26.2 Å². The molecule has 1 rings (SSSR count). The number of hydrogen-bond acceptors (Lipinski definition) is 4. The van der Waals surface area contributed by atoms with E-state index in [1.165, 1.54) is 17.1 Å². The highest BCUT2D eigenvalue weighted by atomic mass is 79.9. The smallest absolute Gasteiger partial charge is 0.267 e. The topological polar surface area (TPSA) is 67.2 Å². The van der Waals surface area contributed by atoms with Crippen molar-refractivity contribution in [1.82, 2.24) is 14.9 Å². The number of likely N-dealkylation sites (N-methyl/N-ethyl adjacent to an activating group) is 1. The van der Waals surface area contributed by atoms with Gasteiger partial charge in [-0.25, -0.2) is 4.98 Å². The molecule has 1 atom stereocenters. The molecule has 0 bridgehead atoms. The van der Waals surface area contributed by atoms with Gasteiger partial charge < -0.3 is 10.4 Å². The third-order valence-corrected chi connectivity index (χ3v) is 2.44. The molecule has 0 radical (unpaired) electrons. The molecule has 0 aliphatic heterocycles. The minimum Gasteiger partial charge on any atom is -0.390 e. The molecule has 1 aromatic rings. The number of aromatic nitrogens is 2. The van der Waals surface area contributed by atoms with Crippen molar-refractivity contribution < 1.29 is 5.11 Å². The summed E-state index contributed by atoms with van der Waals surface area (Å²) in [4.78, 5) is 15.4. The Morgan fingerprint density at radius 3 is 3.13 bits per heavy atom. The molecular weight excluding hydrogens is 262 g/mol. The fourth-order valence-electron chi connectivity index (χ4n) is 1.16. The Labute approximate surface area is 96.3 Å². The molecule has 1 unspecified atom stereocenters. The van der Waals surface area contributed by atoms with Crippen molar-refractivity contribution in [2.24, 2.45) is 0 Å². The van der Waals surface area contributed by atoms with Crippen molar-refractivity contribution >= 4 is 15.9 Å². The Hall–Kier alpha value is -0.720. The molecule has 0 aliphatic rings. The average molecular weight is 276 g/mol. The molecule has 2 N–H and O–H groups in total. The molecule has 0 aliphatic carbocycles. The van der Waals surface area contributed by atoms with Gasteiger partial charge in [0.15, 0.2) is 0 Å². The summed E-state index contributed by atoms with van der Waals surface area (Å²) in [6.45, 7) is 3.47. The third-order valence-electron chi connectivity index (χ3n) is 1.90. The zero-order valence-electron chi connectivity index (χ0n) is 8.48. The van der Waals surface area contributed by atoms with Gasteiger partial charge in [0.2, 0.25) is 0 Å². The molecule has 5 nitrogen and oxygen atoms in total. The molecule has 84 valence electrons. The van der Waals surface area contributed by atoms with Gasteiger partial charge in [-0.15, -0.1) is 0 Å². The minimum absolute atomic E-state index is 0.180. The molecule has 0 amide bonds. The maximum atomic E-state index is 11.5. The molecule has 0 aromatic carbocycles. The van der Waals surface area contributed by atoms with E-state index in [0.717, 1.165) is 6.54 Å². The maximum Gasteiger partial charge on any atom is 0.267 e. The van der Waals surface area contributed by atoms with Crippen LogP contribution in [0, 0.1) is 0 Å². The van der Waals surface area contributed by atoms with E-state index in [1.54, 1.807) is 0 Å². The van der Waals surface area contributed by atoms with Crippen LogP contribution in [0.25, 0.3) is 0 Å². The second kappa shape index (κ2) is 5.99. The molecule has 0 saturated carbocycles. The van der Waals surface area contributed by atoms with Crippen LogP contribution in [0.4, 0.5) is 0 Å². The van der Waals surface area contributed by atoms with Gasteiger partial charge in [0.25, 0.3) is 5.56 Å². The molecule has 15 heavy (non-hydrogen) atoms. The molecule has 0 saturated heterocycles. The summed E-state index contributed by atoms with van der Waals surface area (Å²) in [6.07, 6.45) is 2.27. The maximum absolute atomic E-state index is 11.5. The first kappa shape index (κ1) is 12.4. The van der Waals surface area contributed by atoms with E-state index in [9.17, 15) is 9.90 Å². The summed E-state index contributed by atoms with van der Waals surface area (Å²) in [6, 6.07) is 0. The Kier molecular flexibility index (Phi) is 4.93. The summed E-state index contributed by atoms with van der Waals surface area (Å²) in [7, 11) is 0. The van der Waals surface area contributed by atoms with Crippen molar-refractivity contribution in [3.8, 4) is 0 Å². The summed E-state index contributed by atoms with van der Waals surface area (Å²) < 4.78 is 1.78. The Morgan fingerprint density at radius 1 is 1.73 bits per heavy atom. The van der Waals surface area contributed by atoms with Gasteiger partial charge in [-0.05, 0) is 22.5 Å². The lowest BCUT2D eigenvalue weighted by atomic mass is 10.3. The molecule has 6 heteroatoms. The van der Waals surface area contributed by atoms with Gasteiger partial charge in [0.05, 0.1) is 19.0 Å². The van der Waals surface area contributed by atoms with Crippen LogP contribution in [0.3, 0.4) is 0 Å². The third kappa shape index (κ3) is 3.73. The van der Waals surface area contributed by atoms with Crippen molar-refractivity contribution in [2.45, 2.75) is 19.6 Å². The summed E-state index contributed by atoms with van der Waals surface area (Å²) in [5.74, 6) is 0. The lowest BCUT2D eigenvalue weighted by molar-refractivity contribution is 0.150. The van der Waals surface area contributed by atoms with Gasteiger partial charge in [-0.2, -0.15) is 0 Å². The van der Waals surface area contributed by atoms with Crippen molar-refractivity contribution in [2.75, 3.05) is 13.1 Å². The monoisotopic (exact) mass is 275 g/mol. The quantitative estimate of drug-likeness (QED) is 0.793. The van der Waals surface area contributed by atoms with Gasteiger partial charge in [0, 0.05) is 12.7 Å². The highest BCUT2D eigenvalue weighted by Crippen LogP contribution is 1.98. The van der Waals surface area contributed by atoms with Gasteiger partial charge >= 0.3 is 0 Å². The van der Waals surface area contributed by atoms with E-state index >= 15 is 0 Å². The fraction of sp³-hybridized carbons (Fsp3) is 0.556. The van der Waals surface area contributed by atoms with Crippen LogP contribution in [0.1, 0.15) is 6.92 Å². The van der Waals surface area contributed by atoms with Crippen LogP contribution in [0.5, 0.6) is 0 Å². The van der Waals surface area contributed by atoms with Crippen molar-refractivity contribution in [3.05, 3.63) is 27.4 Å². The first-order valence-electron chi connectivity index (χ1n) is 4.74. The van der Waals surface area contributed by atoms with Crippen LogP contribution in [0.15, 0.2) is 21.8 Å². The highest BCUT2D eigenvalue weighted by molar-refractivity contribution is 9.10. The van der Waals surface area contributed by atoms with Crippen LogP contribution in [-0.4, -0.2) is 33.9 Å². The summed E-state index contributed by atoms with van der Waals surface area (Å²) >= 11 is 3.10. The highest BCUT2D eigenvalue weighted by Gasteiger charge is 2.07. The van der Waals surface area contributed by atoms with E-state index < -0.39 is 6.10 Å². The number of nitrogens with one attached hydrogen (secondary N) is 1. The van der Waals surface area contributed by atoms with E-state index in [0.29, 0.717) is 11.0 Å². The predicted molar refractivity (Wildman–Crippen MR) is 60.7 cm³/mol. The Morgan fingerprint density at radius 2 is 2.47 bits per heavy atom. The van der Waals surface area contributed by atoms with Crippen molar-refractivity contribution in [1.29, 1.82) is 0 Å². The second-order valence-corrected chi connectivity index (χ2v) is 4.01. The van der Waals surface area contributed by atoms with Crippen molar-refractivity contribution in [3.63, 3.8) is 0 Å². The SMILES string of the molecule is CCNCC(O)Cn1cncc(Br)c1=O. The molecular formula is C9H14BrN3O2. The fourth-order valence-corrected chi connectivity index (χ4v) is 1.50. The largest absolute Gasteiger partial charge is 0.390 e. The standard InChI is InChI=1S/C9H14BrN3O2/c1-2-11-3-7(14)5-13-6-12-4-8(10)9(13)15/h4,6-7,11,14H,2-3,5H2,1H3. The van der Waals surface area contributed by atoms with Crippen LogP contribution in [-0.2, 0) is 6.54 Å². The lowest BCUT2D eigenvalue weighted by Gasteiger charge is -2.12. The minimum atomic E-state index is -0.584. The van der Waals surface area contributed by atoms with Crippen LogP contribution in [0.2, 0.25) is 0 Å². The molecule has 0 spiro atoms. The van der Waals surface area contributed by atoms with Gasteiger partial charge in [-0.1, -0.05) is 6.92 Å². The summed E-state index contributed by atoms with van der Waals surface area (Å²) in [5.41, 5.74) is -0.180. The van der Waals surface area contributed by atoms with E-state index in [4.69, 9.17) is 0 Å². The zero-order chi connectivity index (χ0) is 11.3. The van der Waals surface area contributed by atoms with Gasteiger partial charge in [-0.3, -0.25) is 9.36 Å². The van der Waals surface area contributed by atoms with E-state index in [1.807, 2.05) is 6.92 Å². The lowest BCUT2D eigenvalue weighted by Crippen LogP contribution is -2.34. The Bertz CT molecular complexity index is 367. The Balaban J connectivity index is 2.64. The molecule has 1 aromatic heterocycles. The number of nitrogens with zero attached hydrogens (tertiary/aromatic N) is 2. The zero-order valence-corrected chi connectivity index (χ0v) is 10.1. The first-order chi connectivity index (χ1) is 7.15. The second-order valence-electron chi connectivity index (χ2n) is 3.16. The van der Waals surface area contributed by atoms with Gasteiger partial charge in [0.1, 0.15) is 4.47 Å². The first-order valence-corrected chi connectivity index (χ1v) is 5.53. The predicted octanol–water partition coefficient (Wildman–Crippen LogP) is -0.0238. The number of aliphatic hydroxyl groups excluding tert-OH is 1. The van der Waals surface area contributed by atoms with E-state index in [-0.39, 0.29) is 12.1 Å². The number of hydrogen-bond donors (Lipinski definition) is 2. The molecule has 1 heterocycles. The normalized spacial score (nSPS) is 12.7. The van der Waals surface area contributed by atoms with Crippen LogP contribution < -0.4 is 10.9 Å². The average Bonchev–Trinajstić information content (AvgIpc) is 2.22.